The normalized spacial score (nSPS) is 19.7. The molecule has 3 aromatic rings. The zero-order valence-corrected chi connectivity index (χ0v) is 24.5. The number of hydrogen-bond acceptors (Lipinski definition) is 8. The van der Waals surface area contributed by atoms with Crippen molar-refractivity contribution in [3.63, 3.8) is 0 Å². The summed E-state index contributed by atoms with van der Waals surface area (Å²) in [6.07, 6.45) is 2.27. The summed E-state index contributed by atoms with van der Waals surface area (Å²) in [4.78, 5) is 50.8. The van der Waals surface area contributed by atoms with Crippen molar-refractivity contribution >= 4 is 40.2 Å². The van der Waals surface area contributed by atoms with Crippen molar-refractivity contribution < 1.29 is 42.5 Å². The van der Waals surface area contributed by atoms with Crippen molar-refractivity contribution in [3.05, 3.63) is 63.9 Å². The van der Waals surface area contributed by atoms with Crippen LogP contribution in [-0.4, -0.2) is 79.2 Å². The van der Waals surface area contributed by atoms with Crippen LogP contribution >= 0.6 is 0 Å². The minimum atomic E-state index is -1.34. The second kappa shape index (κ2) is 12.3. The molecule has 1 aliphatic carbocycles. The lowest BCUT2D eigenvalue weighted by Crippen LogP contribution is -2.33. The van der Waals surface area contributed by atoms with E-state index in [-0.39, 0.29) is 61.1 Å². The number of fused-ring (bicyclic) bond motifs is 1. The average Bonchev–Trinajstić information content (AvgIpc) is 3.62. The first-order valence-electron chi connectivity index (χ1n) is 14.7. The highest BCUT2D eigenvalue weighted by Gasteiger charge is 2.33. The van der Waals surface area contributed by atoms with Crippen LogP contribution in [0.1, 0.15) is 42.6 Å². The number of cyclic esters (lactones) is 1. The summed E-state index contributed by atoms with van der Waals surface area (Å²) in [6.45, 7) is 2.80. The van der Waals surface area contributed by atoms with Gasteiger partial charge in [0.05, 0.1) is 42.7 Å². The molecule has 3 aliphatic rings. The molecule has 2 saturated heterocycles. The van der Waals surface area contributed by atoms with Crippen molar-refractivity contribution in [2.75, 3.05) is 49.2 Å². The number of carboxylic acid groups (broad SMARTS) is 1. The highest BCUT2D eigenvalue weighted by Crippen LogP contribution is 2.38. The second-order valence-electron chi connectivity index (χ2n) is 11.4. The van der Waals surface area contributed by atoms with Gasteiger partial charge in [-0.1, -0.05) is 0 Å². The monoisotopic (exact) mass is 626 g/mol. The third-order valence-electron chi connectivity index (χ3n) is 8.13. The number of amides is 2. The Kier molecular flexibility index (Phi) is 8.32. The second-order valence-corrected chi connectivity index (χ2v) is 11.4. The van der Waals surface area contributed by atoms with Gasteiger partial charge in [-0.15, -0.1) is 0 Å². The van der Waals surface area contributed by atoms with E-state index in [1.54, 1.807) is 16.7 Å². The van der Waals surface area contributed by atoms with Gasteiger partial charge in [0.1, 0.15) is 24.1 Å². The highest BCUT2D eigenvalue weighted by atomic mass is 19.1. The zero-order valence-electron chi connectivity index (χ0n) is 24.5. The maximum atomic E-state index is 15.2. The van der Waals surface area contributed by atoms with Crippen LogP contribution in [0.2, 0.25) is 0 Å². The Morgan fingerprint density at radius 2 is 1.87 bits per heavy atom. The van der Waals surface area contributed by atoms with Gasteiger partial charge >= 0.3 is 12.1 Å². The van der Waals surface area contributed by atoms with Crippen molar-refractivity contribution in [2.45, 2.75) is 44.4 Å². The first-order chi connectivity index (χ1) is 21.6. The lowest BCUT2D eigenvalue weighted by atomic mass is 10.1. The minimum Gasteiger partial charge on any atom is -0.488 e. The van der Waals surface area contributed by atoms with E-state index in [9.17, 15) is 28.7 Å². The third-order valence-corrected chi connectivity index (χ3v) is 8.13. The zero-order chi connectivity index (χ0) is 31.8. The maximum Gasteiger partial charge on any atom is 0.414 e. The van der Waals surface area contributed by atoms with Gasteiger partial charge in [0, 0.05) is 43.7 Å². The molecule has 0 unspecified atom stereocenters. The number of nitrogens with one attached hydrogen (secondary N) is 1. The van der Waals surface area contributed by atoms with Gasteiger partial charge in [0.25, 0.3) is 0 Å². The van der Waals surface area contributed by atoms with Gasteiger partial charge in [-0.2, -0.15) is 0 Å². The molecule has 2 amide bonds. The smallest absolute Gasteiger partial charge is 0.414 e. The van der Waals surface area contributed by atoms with E-state index in [2.05, 4.69) is 5.32 Å². The first kappa shape index (κ1) is 30.3. The summed E-state index contributed by atoms with van der Waals surface area (Å²) in [5.74, 6) is -2.87. The van der Waals surface area contributed by atoms with Crippen molar-refractivity contribution in [3.8, 4) is 5.75 Å². The van der Waals surface area contributed by atoms with Gasteiger partial charge in [-0.05, 0) is 43.5 Å². The Morgan fingerprint density at radius 1 is 1.07 bits per heavy atom. The molecule has 45 heavy (non-hydrogen) atoms. The van der Waals surface area contributed by atoms with Gasteiger partial charge in [0.15, 0.2) is 11.6 Å². The molecule has 2 N–H and O–H groups in total. The van der Waals surface area contributed by atoms with E-state index in [1.165, 1.54) is 30.2 Å². The summed E-state index contributed by atoms with van der Waals surface area (Å²) in [6, 6.07) is 6.94. The number of benzene rings is 2. The minimum absolute atomic E-state index is 0.0104. The number of carbonyl (C=O) groups excluding carboxylic acids is 2. The van der Waals surface area contributed by atoms with Crippen molar-refractivity contribution in [1.82, 2.24) is 9.88 Å². The lowest BCUT2D eigenvalue weighted by Gasteiger charge is -2.21. The number of halogens is 2. The van der Waals surface area contributed by atoms with Gasteiger partial charge in [-0.3, -0.25) is 14.5 Å². The van der Waals surface area contributed by atoms with Crippen LogP contribution in [0, 0.1) is 11.6 Å². The molecule has 0 radical (unpaired) electrons. The summed E-state index contributed by atoms with van der Waals surface area (Å²) in [5, 5.41) is 12.1. The SMILES string of the molecule is CC(=O)NC[C@H]1CN(c2ccc(OCCO[C@H]3CCN(c4cc5c(cc4F)c(=O)c(C(=O)O)cn5C4CC4)C3)c(F)c2)C(=O)O1. The van der Waals surface area contributed by atoms with Gasteiger partial charge in [-0.25, -0.2) is 18.4 Å². The topological polar surface area (TPSA) is 140 Å². The molecule has 14 heteroatoms. The summed E-state index contributed by atoms with van der Waals surface area (Å²) >= 11 is 0. The first-order valence-corrected chi connectivity index (χ1v) is 14.7. The quantitative estimate of drug-likeness (QED) is 0.307. The number of nitrogens with zero attached hydrogens (tertiary/aromatic N) is 3. The number of aromatic nitrogens is 1. The van der Waals surface area contributed by atoms with Gasteiger partial charge < -0.3 is 34.1 Å². The standard InChI is InChI=1S/C31H32F2N4O8/c1-17(38)34-13-21-15-37(31(42)45-21)19-4-5-28(25(33)10-19)44-9-8-43-20-6-7-35(14-20)27-12-26-22(11-24(27)32)29(39)23(30(40)41)16-36(26)18-2-3-18/h4-5,10-12,16,18,20-21H,2-3,6-9,13-15H2,1H3,(H,34,38)(H,40,41)/t20-,21-/m0/s1. The predicted octanol–water partition coefficient (Wildman–Crippen LogP) is 3.45. The molecule has 0 spiro atoms. The van der Waals surface area contributed by atoms with E-state index < -0.39 is 35.2 Å². The van der Waals surface area contributed by atoms with Crippen LogP contribution in [0.15, 0.2) is 41.3 Å². The van der Waals surface area contributed by atoms with E-state index in [0.717, 1.165) is 18.9 Å². The van der Waals surface area contributed by atoms with E-state index in [0.29, 0.717) is 36.4 Å². The molecule has 6 rings (SSSR count). The number of pyridine rings is 1. The van der Waals surface area contributed by atoms with Crippen LogP contribution in [0.3, 0.4) is 0 Å². The van der Waals surface area contributed by atoms with E-state index in [4.69, 9.17) is 14.2 Å². The van der Waals surface area contributed by atoms with E-state index in [1.807, 2.05) is 4.90 Å². The molecule has 3 heterocycles. The molecule has 2 aromatic carbocycles. The van der Waals surface area contributed by atoms with Crippen molar-refractivity contribution in [1.29, 1.82) is 0 Å². The fourth-order valence-corrected chi connectivity index (χ4v) is 5.73. The molecule has 2 aliphatic heterocycles. The predicted molar refractivity (Wildman–Crippen MR) is 158 cm³/mol. The molecule has 3 fully saturated rings. The molecule has 1 saturated carbocycles. The Labute approximate surface area is 256 Å². The molecular formula is C31H32F2N4O8. The molecule has 0 bridgehead atoms. The Morgan fingerprint density at radius 3 is 2.58 bits per heavy atom. The number of rotatable bonds is 11. The highest BCUT2D eigenvalue weighted by molar-refractivity contribution is 5.94. The number of ether oxygens (including phenoxy) is 3. The summed E-state index contributed by atoms with van der Waals surface area (Å²) < 4.78 is 48.5. The van der Waals surface area contributed by atoms with Crippen molar-refractivity contribution in [2.24, 2.45) is 0 Å². The number of aromatic carboxylic acids is 1. The van der Waals surface area contributed by atoms with Crippen LogP contribution in [0.4, 0.5) is 25.0 Å². The van der Waals surface area contributed by atoms with Crippen LogP contribution in [-0.2, 0) is 14.3 Å². The van der Waals surface area contributed by atoms with Crippen LogP contribution in [0.25, 0.3) is 10.9 Å². The number of anilines is 2. The summed E-state index contributed by atoms with van der Waals surface area (Å²) in [7, 11) is 0. The number of carboxylic acids is 1. The summed E-state index contributed by atoms with van der Waals surface area (Å²) in [5.41, 5.74) is 0.0292. The lowest BCUT2D eigenvalue weighted by molar-refractivity contribution is -0.119. The Hall–Kier alpha value is -4.72. The Bertz CT molecular complexity index is 1730. The molecular weight excluding hydrogens is 594 g/mol. The number of carbonyl (C=O) groups is 3. The third kappa shape index (κ3) is 6.41. The van der Waals surface area contributed by atoms with Crippen LogP contribution in [0.5, 0.6) is 5.75 Å². The van der Waals surface area contributed by atoms with Crippen LogP contribution < -0.4 is 25.3 Å². The number of hydrogen-bond donors (Lipinski definition) is 2. The molecule has 1 aromatic heterocycles. The average molecular weight is 627 g/mol. The molecule has 2 atom stereocenters. The fraction of sp³-hybridized carbons (Fsp3) is 0.419. The fourth-order valence-electron chi connectivity index (χ4n) is 5.73. The maximum absolute atomic E-state index is 15.2. The molecule has 238 valence electrons. The Balaban J connectivity index is 1.03. The van der Waals surface area contributed by atoms with Gasteiger partial charge in [0.2, 0.25) is 11.3 Å². The molecule has 12 nitrogen and oxygen atoms in total. The largest absolute Gasteiger partial charge is 0.488 e. The van der Waals surface area contributed by atoms with E-state index >= 15 is 4.39 Å².